The number of hydrogen-bond donors (Lipinski definition) is 2. The van der Waals surface area contributed by atoms with E-state index in [2.05, 4.69) is 25.4 Å². The standard InChI is InChI=1S/C27H35F2N9O3/c1-27(2,16-30)38-12-17(11-31-38)20-5-4-6-21(32-20)25(39)33-22-15-37(34-23(22)24(28)29)19-13-36(14-19)18-7-9-35(10-8-18)26(40)41-3/h4-6,11-12,15,18-19,24H,7-10,13-14,16,30H2,1-3H3,(H,33,39). The van der Waals surface area contributed by atoms with Crippen molar-refractivity contribution >= 4 is 17.7 Å². The van der Waals surface area contributed by atoms with Crippen molar-refractivity contribution in [1.29, 1.82) is 0 Å². The number of methoxy groups -OCH3 is 1. The minimum Gasteiger partial charge on any atom is -0.453 e. The molecule has 2 fully saturated rings. The maximum absolute atomic E-state index is 13.9. The maximum Gasteiger partial charge on any atom is 0.409 e. The van der Waals surface area contributed by atoms with Crippen LogP contribution in [0.3, 0.4) is 0 Å². The number of alkyl halides is 2. The summed E-state index contributed by atoms with van der Waals surface area (Å²) in [6, 6.07) is 5.17. The number of nitrogens with one attached hydrogen (secondary N) is 1. The summed E-state index contributed by atoms with van der Waals surface area (Å²) in [5.74, 6) is -0.615. The summed E-state index contributed by atoms with van der Waals surface area (Å²) in [6.07, 6.45) is 3.38. The number of halogens is 2. The van der Waals surface area contributed by atoms with Gasteiger partial charge in [0.05, 0.1) is 36.3 Å². The zero-order chi connectivity index (χ0) is 29.3. The fourth-order valence-electron chi connectivity index (χ4n) is 5.13. The molecule has 220 valence electrons. The normalized spacial score (nSPS) is 17.1. The second-order valence-electron chi connectivity index (χ2n) is 11.1. The molecule has 0 aromatic carbocycles. The van der Waals surface area contributed by atoms with Crippen LogP contribution in [0.4, 0.5) is 19.3 Å². The Morgan fingerprint density at radius 2 is 1.90 bits per heavy atom. The van der Waals surface area contributed by atoms with Gasteiger partial charge in [-0.1, -0.05) is 6.07 Å². The van der Waals surface area contributed by atoms with E-state index in [-0.39, 0.29) is 23.5 Å². The van der Waals surface area contributed by atoms with E-state index < -0.39 is 23.6 Å². The Kier molecular flexibility index (Phi) is 8.04. The topological polar surface area (TPSA) is 136 Å². The van der Waals surface area contributed by atoms with E-state index in [9.17, 15) is 18.4 Å². The molecule has 0 atom stereocenters. The largest absolute Gasteiger partial charge is 0.453 e. The Balaban J connectivity index is 1.24. The predicted octanol–water partition coefficient (Wildman–Crippen LogP) is 3.11. The molecule has 0 unspecified atom stereocenters. The van der Waals surface area contributed by atoms with Gasteiger partial charge >= 0.3 is 6.09 Å². The van der Waals surface area contributed by atoms with Crippen LogP contribution in [0.15, 0.2) is 36.8 Å². The minimum atomic E-state index is -2.86. The number of rotatable bonds is 8. The van der Waals surface area contributed by atoms with Crippen LogP contribution < -0.4 is 11.1 Å². The molecular formula is C27H35F2N9O3. The quantitative estimate of drug-likeness (QED) is 0.421. The Labute approximate surface area is 236 Å². The highest BCUT2D eigenvalue weighted by atomic mass is 19.3. The molecular weight excluding hydrogens is 536 g/mol. The zero-order valence-electron chi connectivity index (χ0n) is 23.3. The van der Waals surface area contributed by atoms with E-state index >= 15 is 0 Å². The molecule has 0 saturated carbocycles. The summed E-state index contributed by atoms with van der Waals surface area (Å²) in [4.78, 5) is 33.2. The van der Waals surface area contributed by atoms with Gasteiger partial charge in [-0.2, -0.15) is 10.2 Å². The summed E-state index contributed by atoms with van der Waals surface area (Å²) in [6.45, 7) is 6.85. The molecule has 5 rings (SSSR count). The Morgan fingerprint density at radius 3 is 2.56 bits per heavy atom. The molecule has 3 N–H and O–H groups in total. The molecule has 12 nitrogen and oxygen atoms in total. The number of ether oxygens (including phenoxy) is 1. The number of likely N-dealkylation sites (tertiary alicyclic amines) is 2. The van der Waals surface area contributed by atoms with E-state index in [1.807, 2.05) is 13.8 Å². The van der Waals surface area contributed by atoms with Gasteiger partial charge in [0.2, 0.25) is 0 Å². The first-order chi connectivity index (χ1) is 19.6. The van der Waals surface area contributed by atoms with Gasteiger partial charge in [-0.3, -0.25) is 19.1 Å². The first-order valence-corrected chi connectivity index (χ1v) is 13.6. The number of aromatic nitrogens is 5. The van der Waals surface area contributed by atoms with Crippen molar-refractivity contribution in [2.24, 2.45) is 5.73 Å². The first-order valence-electron chi connectivity index (χ1n) is 13.6. The lowest BCUT2D eigenvalue weighted by Gasteiger charge is -2.46. The van der Waals surface area contributed by atoms with Crippen LogP contribution in [0.25, 0.3) is 11.3 Å². The van der Waals surface area contributed by atoms with Crippen molar-refractivity contribution in [3.8, 4) is 11.3 Å². The van der Waals surface area contributed by atoms with Crippen LogP contribution in [0, 0.1) is 0 Å². The SMILES string of the molecule is COC(=O)N1CCC(N2CC(n3cc(NC(=O)c4cccc(-c5cnn(C(C)(C)CN)c5)n4)c(C(F)F)n3)C2)CC1. The number of pyridine rings is 1. The van der Waals surface area contributed by atoms with Crippen LogP contribution in [-0.2, 0) is 10.3 Å². The fourth-order valence-corrected chi connectivity index (χ4v) is 5.13. The van der Waals surface area contributed by atoms with Gasteiger partial charge in [0.25, 0.3) is 12.3 Å². The number of amides is 2. The molecule has 5 heterocycles. The molecule has 2 aliphatic heterocycles. The third-order valence-electron chi connectivity index (χ3n) is 7.87. The molecule has 41 heavy (non-hydrogen) atoms. The molecule has 3 aromatic heterocycles. The van der Waals surface area contributed by atoms with Crippen molar-refractivity contribution in [3.63, 3.8) is 0 Å². The second-order valence-corrected chi connectivity index (χ2v) is 11.1. The lowest BCUT2D eigenvalue weighted by atomic mass is 9.98. The summed E-state index contributed by atoms with van der Waals surface area (Å²) in [7, 11) is 1.37. The Hall–Kier alpha value is -3.91. The third-order valence-corrected chi connectivity index (χ3v) is 7.87. The molecule has 0 radical (unpaired) electrons. The monoisotopic (exact) mass is 571 g/mol. The molecule has 14 heteroatoms. The molecule has 2 aliphatic rings. The van der Waals surface area contributed by atoms with E-state index in [0.717, 1.165) is 12.8 Å². The highest BCUT2D eigenvalue weighted by molar-refractivity contribution is 6.03. The van der Waals surface area contributed by atoms with Crippen LogP contribution in [0.5, 0.6) is 0 Å². The van der Waals surface area contributed by atoms with Gasteiger partial charge in [0.1, 0.15) is 5.69 Å². The second kappa shape index (κ2) is 11.5. The third kappa shape index (κ3) is 5.93. The lowest BCUT2D eigenvalue weighted by molar-refractivity contribution is 0.0193. The van der Waals surface area contributed by atoms with Crippen LogP contribution in [0.2, 0.25) is 0 Å². The Bertz CT molecular complexity index is 1390. The summed E-state index contributed by atoms with van der Waals surface area (Å²) >= 11 is 0. The van der Waals surface area contributed by atoms with Gasteiger partial charge in [-0.15, -0.1) is 0 Å². The average molecular weight is 572 g/mol. The zero-order valence-corrected chi connectivity index (χ0v) is 23.3. The summed E-state index contributed by atoms with van der Waals surface area (Å²) in [5, 5.41) is 11.1. The first kappa shape index (κ1) is 28.6. The highest BCUT2D eigenvalue weighted by Gasteiger charge is 2.37. The van der Waals surface area contributed by atoms with E-state index in [4.69, 9.17) is 10.5 Å². The van der Waals surface area contributed by atoms with E-state index in [0.29, 0.717) is 50.0 Å². The number of carbonyl (C=O) groups is 2. The van der Waals surface area contributed by atoms with Crippen LogP contribution in [-0.4, -0.2) is 92.2 Å². The number of hydrogen-bond acceptors (Lipinski definition) is 8. The number of nitrogens with zero attached hydrogens (tertiary/aromatic N) is 7. The van der Waals surface area contributed by atoms with Crippen molar-refractivity contribution < 1.29 is 23.1 Å². The molecule has 2 amide bonds. The molecule has 3 aromatic rings. The minimum absolute atomic E-state index is 0.0421. The Morgan fingerprint density at radius 1 is 1.17 bits per heavy atom. The molecule has 0 spiro atoms. The van der Waals surface area contributed by atoms with E-state index in [1.54, 1.807) is 34.1 Å². The maximum atomic E-state index is 13.9. The number of piperidine rings is 1. The smallest absolute Gasteiger partial charge is 0.409 e. The number of anilines is 1. The lowest BCUT2D eigenvalue weighted by Crippen LogP contribution is -2.56. The molecule has 2 saturated heterocycles. The van der Waals surface area contributed by atoms with E-state index in [1.165, 1.54) is 24.1 Å². The van der Waals surface area contributed by atoms with Gasteiger partial charge in [-0.25, -0.2) is 18.6 Å². The van der Waals surface area contributed by atoms with Crippen molar-refractivity contribution in [2.75, 3.05) is 45.2 Å². The van der Waals surface area contributed by atoms with Gasteiger partial charge in [0, 0.05) is 56.7 Å². The fraction of sp³-hybridized carbons (Fsp3) is 0.519. The van der Waals surface area contributed by atoms with Crippen molar-refractivity contribution in [3.05, 3.63) is 48.2 Å². The van der Waals surface area contributed by atoms with Crippen molar-refractivity contribution in [1.82, 2.24) is 34.3 Å². The number of carbonyl (C=O) groups excluding carboxylic acids is 2. The average Bonchev–Trinajstić information content (AvgIpc) is 3.61. The summed E-state index contributed by atoms with van der Waals surface area (Å²) in [5.41, 5.74) is 6.23. The van der Waals surface area contributed by atoms with Crippen molar-refractivity contribution in [2.45, 2.75) is 50.7 Å². The highest BCUT2D eigenvalue weighted by Crippen LogP contribution is 2.32. The predicted molar refractivity (Wildman–Crippen MR) is 147 cm³/mol. The van der Waals surface area contributed by atoms with Gasteiger partial charge in [0.15, 0.2) is 5.69 Å². The molecule has 0 bridgehead atoms. The van der Waals surface area contributed by atoms with Crippen LogP contribution >= 0.6 is 0 Å². The number of nitrogens with two attached hydrogens (primary N) is 1. The van der Waals surface area contributed by atoms with Gasteiger partial charge in [-0.05, 0) is 38.8 Å². The summed E-state index contributed by atoms with van der Waals surface area (Å²) < 4.78 is 35.8. The van der Waals surface area contributed by atoms with Gasteiger partial charge < -0.3 is 20.7 Å². The van der Waals surface area contributed by atoms with Crippen LogP contribution in [0.1, 0.15) is 55.3 Å². The molecule has 0 aliphatic carbocycles.